The standard InChI is InChI=1S/C16H25NO2/c1-5-14(16(18)19-4)11-17-9-8-15-10-12(2)6-7-13(15)3/h6-7,10,14,17H,5,8-9,11H2,1-4H3. The number of methoxy groups -OCH3 is 1. The Morgan fingerprint density at radius 1 is 1.37 bits per heavy atom. The molecule has 0 aliphatic rings. The van der Waals surface area contributed by atoms with Crippen LogP contribution in [0.2, 0.25) is 0 Å². The van der Waals surface area contributed by atoms with Crippen molar-refractivity contribution in [1.29, 1.82) is 0 Å². The molecule has 0 saturated carbocycles. The van der Waals surface area contributed by atoms with Crippen LogP contribution in [0.25, 0.3) is 0 Å². The molecule has 3 nitrogen and oxygen atoms in total. The van der Waals surface area contributed by atoms with Gasteiger partial charge in [0, 0.05) is 6.54 Å². The number of hydrogen-bond acceptors (Lipinski definition) is 3. The van der Waals surface area contributed by atoms with Crippen molar-refractivity contribution in [3.8, 4) is 0 Å². The number of carbonyl (C=O) groups is 1. The number of aryl methyl sites for hydroxylation is 2. The molecule has 0 radical (unpaired) electrons. The Hall–Kier alpha value is -1.35. The lowest BCUT2D eigenvalue weighted by Crippen LogP contribution is -2.30. The average Bonchev–Trinajstić information content (AvgIpc) is 2.41. The largest absolute Gasteiger partial charge is 0.469 e. The van der Waals surface area contributed by atoms with Gasteiger partial charge in [-0.2, -0.15) is 0 Å². The van der Waals surface area contributed by atoms with E-state index in [1.54, 1.807) is 0 Å². The van der Waals surface area contributed by atoms with Gasteiger partial charge in [0.2, 0.25) is 0 Å². The van der Waals surface area contributed by atoms with E-state index in [2.05, 4.69) is 37.4 Å². The Bertz CT molecular complexity index is 415. The zero-order valence-electron chi connectivity index (χ0n) is 12.5. The second-order valence-electron chi connectivity index (χ2n) is 5.01. The quantitative estimate of drug-likeness (QED) is 0.607. The van der Waals surface area contributed by atoms with Crippen LogP contribution in [0, 0.1) is 19.8 Å². The molecule has 1 N–H and O–H groups in total. The maximum absolute atomic E-state index is 11.4. The van der Waals surface area contributed by atoms with Crippen LogP contribution in [-0.2, 0) is 16.0 Å². The fourth-order valence-electron chi connectivity index (χ4n) is 2.13. The van der Waals surface area contributed by atoms with Gasteiger partial charge in [0.05, 0.1) is 13.0 Å². The van der Waals surface area contributed by atoms with Crippen LogP contribution in [-0.4, -0.2) is 26.2 Å². The third kappa shape index (κ3) is 5.03. The maximum atomic E-state index is 11.4. The Labute approximate surface area is 116 Å². The fraction of sp³-hybridized carbons (Fsp3) is 0.562. The minimum atomic E-state index is -0.123. The van der Waals surface area contributed by atoms with E-state index in [0.717, 1.165) is 19.4 Å². The molecule has 106 valence electrons. The first-order valence-electron chi connectivity index (χ1n) is 6.93. The normalized spacial score (nSPS) is 12.2. The minimum Gasteiger partial charge on any atom is -0.469 e. The van der Waals surface area contributed by atoms with E-state index in [4.69, 9.17) is 4.74 Å². The summed E-state index contributed by atoms with van der Waals surface area (Å²) < 4.78 is 4.77. The van der Waals surface area contributed by atoms with Crippen molar-refractivity contribution in [1.82, 2.24) is 5.32 Å². The van der Waals surface area contributed by atoms with E-state index in [1.165, 1.54) is 23.8 Å². The van der Waals surface area contributed by atoms with Crippen LogP contribution in [0.15, 0.2) is 18.2 Å². The lowest BCUT2D eigenvalue weighted by molar-refractivity contribution is -0.145. The van der Waals surface area contributed by atoms with Crippen LogP contribution in [0.4, 0.5) is 0 Å². The van der Waals surface area contributed by atoms with Gasteiger partial charge in [0.25, 0.3) is 0 Å². The van der Waals surface area contributed by atoms with E-state index in [0.29, 0.717) is 6.54 Å². The van der Waals surface area contributed by atoms with E-state index in [9.17, 15) is 4.79 Å². The van der Waals surface area contributed by atoms with Crippen molar-refractivity contribution < 1.29 is 9.53 Å². The van der Waals surface area contributed by atoms with Gasteiger partial charge in [-0.3, -0.25) is 4.79 Å². The third-order valence-electron chi connectivity index (χ3n) is 3.49. The molecule has 3 heteroatoms. The van der Waals surface area contributed by atoms with Gasteiger partial charge in [-0.05, 0) is 44.4 Å². The van der Waals surface area contributed by atoms with Crippen LogP contribution < -0.4 is 5.32 Å². The van der Waals surface area contributed by atoms with Gasteiger partial charge in [0.1, 0.15) is 0 Å². The molecule has 0 heterocycles. The summed E-state index contributed by atoms with van der Waals surface area (Å²) in [5.74, 6) is -0.162. The summed E-state index contributed by atoms with van der Waals surface area (Å²) in [5.41, 5.74) is 3.99. The summed E-state index contributed by atoms with van der Waals surface area (Å²) in [7, 11) is 1.45. The number of nitrogens with one attached hydrogen (secondary N) is 1. The summed E-state index contributed by atoms with van der Waals surface area (Å²) in [5, 5.41) is 3.35. The molecule has 1 rings (SSSR count). The van der Waals surface area contributed by atoms with Gasteiger partial charge in [-0.15, -0.1) is 0 Å². The molecule has 0 spiro atoms. The first kappa shape index (κ1) is 15.7. The molecule has 0 aliphatic heterocycles. The molecule has 1 unspecified atom stereocenters. The molecule has 0 aromatic heterocycles. The number of benzene rings is 1. The molecular weight excluding hydrogens is 238 g/mol. The van der Waals surface area contributed by atoms with E-state index in [-0.39, 0.29) is 11.9 Å². The molecule has 1 aromatic carbocycles. The zero-order chi connectivity index (χ0) is 14.3. The number of hydrogen-bond donors (Lipinski definition) is 1. The predicted octanol–water partition coefficient (Wildman–Crippen LogP) is 2.63. The molecule has 0 amide bonds. The highest BCUT2D eigenvalue weighted by Gasteiger charge is 2.15. The Balaban J connectivity index is 2.38. The lowest BCUT2D eigenvalue weighted by atomic mass is 10.0. The highest BCUT2D eigenvalue weighted by molar-refractivity contribution is 5.72. The van der Waals surface area contributed by atoms with Crippen molar-refractivity contribution in [2.24, 2.45) is 5.92 Å². The van der Waals surface area contributed by atoms with E-state index >= 15 is 0 Å². The Morgan fingerprint density at radius 2 is 2.11 bits per heavy atom. The van der Waals surface area contributed by atoms with Crippen LogP contribution in [0.1, 0.15) is 30.0 Å². The van der Waals surface area contributed by atoms with Gasteiger partial charge in [-0.1, -0.05) is 30.7 Å². The highest BCUT2D eigenvalue weighted by atomic mass is 16.5. The molecule has 0 saturated heterocycles. The van der Waals surface area contributed by atoms with Crippen molar-refractivity contribution in [2.45, 2.75) is 33.6 Å². The second-order valence-corrected chi connectivity index (χ2v) is 5.01. The zero-order valence-corrected chi connectivity index (χ0v) is 12.5. The summed E-state index contributed by atoms with van der Waals surface area (Å²) in [4.78, 5) is 11.4. The number of ether oxygens (including phenoxy) is 1. The van der Waals surface area contributed by atoms with E-state index < -0.39 is 0 Å². The highest BCUT2D eigenvalue weighted by Crippen LogP contribution is 2.11. The monoisotopic (exact) mass is 263 g/mol. The molecule has 0 fully saturated rings. The van der Waals surface area contributed by atoms with Crippen molar-refractivity contribution in [3.05, 3.63) is 34.9 Å². The SMILES string of the molecule is CCC(CNCCc1cc(C)ccc1C)C(=O)OC. The Morgan fingerprint density at radius 3 is 2.74 bits per heavy atom. The minimum absolute atomic E-state index is 0.0383. The number of rotatable bonds is 7. The molecule has 1 aromatic rings. The summed E-state index contributed by atoms with van der Waals surface area (Å²) in [6.07, 6.45) is 1.80. The first-order chi connectivity index (χ1) is 9.08. The molecule has 0 aliphatic carbocycles. The number of esters is 1. The lowest BCUT2D eigenvalue weighted by Gasteiger charge is -2.14. The van der Waals surface area contributed by atoms with E-state index in [1.807, 2.05) is 6.92 Å². The van der Waals surface area contributed by atoms with Crippen LogP contribution in [0.3, 0.4) is 0 Å². The van der Waals surface area contributed by atoms with Gasteiger partial charge < -0.3 is 10.1 Å². The predicted molar refractivity (Wildman–Crippen MR) is 78.3 cm³/mol. The molecule has 0 bridgehead atoms. The van der Waals surface area contributed by atoms with Crippen LogP contribution >= 0.6 is 0 Å². The fourth-order valence-corrected chi connectivity index (χ4v) is 2.13. The summed E-state index contributed by atoms with van der Waals surface area (Å²) in [6, 6.07) is 6.53. The summed E-state index contributed by atoms with van der Waals surface area (Å²) in [6.45, 7) is 7.83. The van der Waals surface area contributed by atoms with Crippen molar-refractivity contribution >= 4 is 5.97 Å². The number of carbonyl (C=O) groups excluding carboxylic acids is 1. The smallest absolute Gasteiger partial charge is 0.309 e. The van der Waals surface area contributed by atoms with Gasteiger partial charge >= 0.3 is 5.97 Å². The average molecular weight is 263 g/mol. The maximum Gasteiger partial charge on any atom is 0.309 e. The van der Waals surface area contributed by atoms with Crippen LogP contribution in [0.5, 0.6) is 0 Å². The van der Waals surface area contributed by atoms with Crippen molar-refractivity contribution in [2.75, 3.05) is 20.2 Å². The molecular formula is C16H25NO2. The van der Waals surface area contributed by atoms with Gasteiger partial charge in [0.15, 0.2) is 0 Å². The van der Waals surface area contributed by atoms with Crippen molar-refractivity contribution in [3.63, 3.8) is 0 Å². The van der Waals surface area contributed by atoms with Gasteiger partial charge in [-0.25, -0.2) is 0 Å². The molecule has 19 heavy (non-hydrogen) atoms. The first-order valence-corrected chi connectivity index (χ1v) is 6.93. The third-order valence-corrected chi connectivity index (χ3v) is 3.49. The summed E-state index contributed by atoms with van der Waals surface area (Å²) >= 11 is 0. The second kappa shape index (κ2) is 7.95. The Kier molecular flexibility index (Phi) is 6.57. The molecule has 1 atom stereocenters. The topological polar surface area (TPSA) is 38.3 Å².